The smallest absolute Gasteiger partial charge is 0.299 e. The number of ether oxygens (including phenoxy) is 3. The lowest BCUT2D eigenvalue weighted by Gasteiger charge is -2.19. The van der Waals surface area contributed by atoms with Crippen molar-refractivity contribution in [1.29, 1.82) is 0 Å². The molecule has 0 saturated heterocycles. The van der Waals surface area contributed by atoms with Crippen molar-refractivity contribution < 1.29 is 28.6 Å². The minimum atomic E-state index is -0.682. The lowest BCUT2D eigenvalue weighted by Crippen LogP contribution is -2.17. The summed E-state index contributed by atoms with van der Waals surface area (Å²) in [6.07, 6.45) is 14.5. The number of nitrogens with zero attached hydrogens (tertiary/aromatic N) is 6. The third-order valence-electron chi connectivity index (χ3n) is 10.1. The van der Waals surface area contributed by atoms with Crippen molar-refractivity contribution in [3.63, 3.8) is 0 Å². The van der Waals surface area contributed by atoms with E-state index in [1.807, 2.05) is 6.07 Å². The van der Waals surface area contributed by atoms with Gasteiger partial charge >= 0.3 is 0 Å². The largest absolute Gasteiger partial charge is 0.490 e. The van der Waals surface area contributed by atoms with Gasteiger partial charge in [0.25, 0.3) is 17.7 Å². The Bertz CT molecular complexity index is 1830. The molecule has 3 unspecified atom stereocenters. The van der Waals surface area contributed by atoms with Gasteiger partial charge in [-0.05, 0) is 94.2 Å². The topological polar surface area (TPSA) is 153 Å². The molecular formula is C47H66N6O6Si. The second-order valence-electron chi connectivity index (χ2n) is 14.8. The fourth-order valence-electron chi connectivity index (χ4n) is 6.36. The molecular weight excluding hydrogens is 773 g/mol. The lowest BCUT2D eigenvalue weighted by atomic mass is 10.1. The zero-order chi connectivity index (χ0) is 43.5. The van der Waals surface area contributed by atoms with Gasteiger partial charge in [0.05, 0.1) is 50.6 Å². The van der Waals surface area contributed by atoms with Crippen LogP contribution in [0.4, 0.5) is 0 Å². The first kappa shape index (κ1) is 49.2. The normalized spacial score (nSPS) is 13.1. The van der Waals surface area contributed by atoms with Crippen LogP contribution < -0.4 is 14.2 Å². The van der Waals surface area contributed by atoms with Crippen LogP contribution in [0.25, 0.3) is 0 Å². The summed E-state index contributed by atoms with van der Waals surface area (Å²) in [7, 11) is 0.149. The molecule has 3 aromatic carbocycles. The maximum absolute atomic E-state index is 13.6. The molecule has 0 N–H and O–H groups in total. The third-order valence-corrected chi connectivity index (χ3v) is 10.7. The quantitative estimate of drug-likeness (QED) is 0.0423. The van der Waals surface area contributed by atoms with Crippen molar-refractivity contribution in [2.75, 3.05) is 0 Å². The van der Waals surface area contributed by atoms with Gasteiger partial charge in [-0.1, -0.05) is 116 Å². The van der Waals surface area contributed by atoms with E-state index in [2.05, 4.69) is 72.2 Å². The first-order chi connectivity index (χ1) is 29.2. The van der Waals surface area contributed by atoms with Crippen molar-refractivity contribution in [2.45, 2.75) is 156 Å². The van der Waals surface area contributed by atoms with Crippen molar-refractivity contribution in [2.24, 2.45) is 30.7 Å². The molecule has 3 atom stereocenters. The lowest BCUT2D eigenvalue weighted by molar-refractivity contribution is 0.0975. The van der Waals surface area contributed by atoms with Gasteiger partial charge in [0.2, 0.25) is 5.82 Å². The monoisotopic (exact) mass is 838 g/mol. The van der Waals surface area contributed by atoms with Crippen LogP contribution >= 0.6 is 0 Å². The van der Waals surface area contributed by atoms with Crippen molar-refractivity contribution in [1.82, 2.24) is 0 Å². The molecule has 0 aliphatic carbocycles. The number of para-hydroxylation sites is 3. The highest BCUT2D eigenvalue weighted by Gasteiger charge is 2.19. The van der Waals surface area contributed by atoms with E-state index in [1.54, 1.807) is 66.7 Å². The highest BCUT2D eigenvalue weighted by atomic mass is 28.1. The molecule has 0 spiro atoms. The molecule has 0 aliphatic rings. The summed E-state index contributed by atoms with van der Waals surface area (Å²) in [5.41, 5.74) is 0.705. The van der Waals surface area contributed by atoms with Gasteiger partial charge in [-0.25, -0.2) is 0 Å². The number of unbranched alkanes of at least 4 members (excludes halogenated alkanes) is 6. The summed E-state index contributed by atoms with van der Waals surface area (Å²) >= 11 is 0. The molecule has 12 nitrogen and oxygen atoms in total. The van der Waals surface area contributed by atoms with E-state index in [1.165, 1.54) is 0 Å². The summed E-state index contributed by atoms with van der Waals surface area (Å²) in [6, 6.07) is 20.7. The molecule has 0 saturated carbocycles. The molecule has 0 bridgehead atoms. The zero-order valence-corrected chi connectivity index (χ0v) is 38.9. The first-order valence-electron chi connectivity index (χ1n) is 22.0. The Morgan fingerprint density at radius 2 is 0.750 bits per heavy atom. The van der Waals surface area contributed by atoms with Crippen LogP contribution in [0.5, 0.6) is 17.2 Å². The Morgan fingerprint density at radius 3 is 1.05 bits per heavy atom. The number of azo groups is 3. The molecule has 324 valence electrons. The molecule has 3 rings (SSSR count). The fourth-order valence-corrected chi connectivity index (χ4v) is 6.66. The highest BCUT2D eigenvalue weighted by Crippen LogP contribution is 2.27. The van der Waals surface area contributed by atoms with E-state index in [-0.39, 0.29) is 56.4 Å². The molecule has 13 heteroatoms. The molecule has 0 heterocycles. The molecule has 3 aromatic rings. The maximum atomic E-state index is 13.6. The number of benzene rings is 3. The van der Waals surface area contributed by atoms with E-state index in [4.69, 9.17) is 14.2 Å². The second-order valence-corrected chi connectivity index (χ2v) is 15.8. The summed E-state index contributed by atoms with van der Waals surface area (Å²) < 4.78 is 18.8. The average molecular weight is 839 g/mol. The standard InChI is InChI=1S/C47H66N6O6Si/c1-7-13-16-25-34(10-4)57-40-31-22-19-28-37(40)44(54)50-48-43(49-51-45(55)38-29-20-23-32-41(38)58-35(11-5)26-17-14-8-2)47(60)53-52-46(56)39-30-21-24-33-42(39)59-36(12-6)27-18-15-9-3/h19-24,28-36H,7-18,25-27H2,1-6,60H3. The number of amides is 3. The average Bonchev–Trinajstić information content (AvgIpc) is 3.27. The summed E-state index contributed by atoms with van der Waals surface area (Å²) in [6.45, 7) is 12.6. The van der Waals surface area contributed by atoms with E-state index in [9.17, 15) is 14.4 Å². The van der Waals surface area contributed by atoms with Crippen LogP contribution in [0.15, 0.2) is 115 Å². The molecule has 60 heavy (non-hydrogen) atoms. The van der Waals surface area contributed by atoms with E-state index in [0.29, 0.717) is 17.2 Å². The summed E-state index contributed by atoms with van der Waals surface area (Å²) in [4.78, 5) is 40.7. The van der Waals surface area contributed by atoms with E-state index >= 15 is 0 Å². The van der Waals surface area contributed by atoms with Crippen molar-refractivity contribution in [3.8, 4) is 17.2 Å². The van der Waals surface area contributed by atoms with Gasteiger partial charge in [0.1, 0.15) is 17.2 Å². The van der Waals surface area contributed by atoms with Gasteiger partial charge in [-0.15, -0.1) is 25.6 Å². The van der Waals surface area contributed by atoms with Crippen LogP contribution in [0, 0.1) is 0 Å². The Labute approximate surface area is 360 Å². The van der Waals surface area contributed by atoms with Gasteiger partial charge in [-0.2, -0.15) is 5.11 Å². The Balaban J connectivity index is 1.98. The Hall–Kier alpha value is -5.17. The van der Waals surface area contributed by atoms with Crippen molar-refractivity contribution in [3.05, 3.63) is 101 Å². The number of rotatable bonds is 27. The van der Waals surface area contributed by atoms with Crippen LogP contribution in [-0.2, 0) is 0 Å². The van der Waals surface area contributed by atoms with Crippen molar-refractivity contribution >= 4 is 28.0 Å². The molecule has 0 fully saturated rings. The molecule has 0 radical (unpaired) electrons. The maximum Gasteiger partial charge on any atom is 0.299 e. The summed E-state index contributed by atoms with van der Waals surface area (Å²) in [5, 5.41) is 24.6. The van der Waals surface area contributed by atoms with Gasteiger partial charge in [0, 0.05) is 0 Å². The molecule has 3 amide bonds. The van der Waals surface area contributed by atoms with Gasteiger partial charge < -0.3 is 14.2 Å². The number of carbonyl (C=O) groups excluding carboxylic acids is 3. The number of hydrogen-bond acceptors (Lipinski definition) is 9. The highest BCUT2D eigenvalue weighted by molar-refractivity contribution is 6.21. The molecule has 0 aromatic heterocycles. The van der Waals surface area contributed by atoms with Crippen LogP contribution in [0.1, 0.15) is 169 Å². The number of hydrogen-bond donors (Lipinski definition) is 0. The Morgan fingerprint density at radius 1 is 0.450 bits per heavy atom. The molecule has 0 aliphatic heterocycles. The first-order valence-corrected chi connectivity index (χ1v) is 23.0. The van der Waals surface area contributed by atoms with Gasteiger partial charge in [-0.3, -0.25) is 14.4 Å². The predicted molar refractivity (Wildman–Crippen MR) is 240 cm³/mol. The minimum absolute atomic E-state index is 0.0483. The van der Waals surface area contributed by atoms with Crippen LogP contribution in [0.2, 0.25) is 0 Å². The second kappa shape index (κ2) is 28.3. The van der Waals surface area contributed by atoms with Crippen LogP contribution in [0.3, 0.4) is 0 Å². The van der Waals surface area contributed by atoms with E-state index < -0.39 is 17.7 Å². The summed E-state index contributed by atoms with van der Waals surface area (Å²) in [5.74, 6) is -1.01. The Kier molecular flexibility index (Phi) is 23.2. The van der Waals surface area contributed by atoms with E-state index in [0.717, 1.165) is 96.3 Å². The zero-order valence-electron chi connectivity index (χ0n) is 36.9. The fraction of sp³-hybridized carbons (Fsp3) is 0.511. The number of carbonyl (C=O) groups is 3. The minimum Gasteiger partial charge on any atom is -0.490 e. The third kappa shape index (κ3) is 16.8. The predicted octanol–water partition coefficient (Wildman–Crippen LogP) is 12.6. The van der Waals surface area contributed by atoms with Crippen LogP contribution in [-0.4, -0.2) is 46.3 Å². The van der Waals surface area contributed by atoms with Gasteiger partial charge in [0.15, 0.2) is 0 Å². The SMILES string of the molecule is CCCCCC(CC)Oc1ccccc1C(=O)N=NC([SiH3])=C(N=NC(=O)c1ccccc1OC(CC)CCCCC)N=NC(=O)c1ccccc1OC(CC)CCCCC.